The van der Waals surface area contributed by atoms with Crippen molar-refractivity contribution >= 4 is 23.1 Å². The number of hydrogen-bond donors (Lipinski definition) is 1. The third-order valence-corrected chi connectivity index (χ3v) is 2.48. The largest absolute Gasteiger partial charge is 0.478 e. The number of hydrogen-bond acceptors (Lipinski definition) is 3. The molecular weight excluding hydrogens is 244 g/mol. The van der Waals surface area contributed by atoms with E-state index in [2.05, 4.69) is 10.3 Å². The van der Waals surface area contributed by atoms with Crippen molar-refractivity contribution < 1.29 is 18.7 Å². The van der Waals surface area contributed by atoms with Crippen LogP contribution >= 0.6 is 0 Å². The number of carbonyl (C=O) groups is 1. The molecule has 0 fully saturated rings. The van der Waals surface area contributed by atoms with Crippen LogP contribution in [0.1, 0.15) is 17.6 Å². The van der Waals surface area contributed by atoms with E-state index in [1.165, 1.54) is 10.7 Å². The van der Waals surface area contributed by atoms with Gasteiger partial charge in [-0.25, -0.2) is 18.3 Å². The van der Waals surface area contributed by atoms with Gasteiger partial charge in [-0.1, -0.05) is 11.3 Å². The number of nitrogens with zero attached hydrogens (tertiary/aromatic N) is 3. The third kappa shape index (κ3) is 2.06. The summed E-state index contributed by atoms with van der Waals surface area (Å²) in [6, 6.07) is 3.00. The maximum absolute atomic E-state index is 13.0. The van der Waals surface area contributed by atoms with E-state index in [0.717, 1.165) is 12.2 Å². The highest BCUT2D eigenvalue weighted by molar-refractivity contribution is 5.88. The van der Waals surface area contributed by atoms with E-state index in [1.807, 2.05) is 0 Å². The van der Waals surface area contributed by atoms with Crippen molar-refractivity contribution in [3.8, 4) is 0 Å². The summed E-state index contributed by atoms with van der Waals surface area (Å²) in [4.78, 5) is 10.4. The average molecular weight is 253 g/mol. The number of alkyl halides is 2. The molecule has 0 aliphatic heterocycles. The van der Waals surface area contributed by atoms with E-state index in [0.29, 0.717) is 5.52 Å². The van der Waals surface area contributed by atoms with Gasteiger partial charge >= 0.3 is 5.97 Å². The van der Waals surface area contributed by atoms with Gasteiger partial charge in [0.25, 0.3) is 6.43 Å². The molecule has 0 saturated carbocycles. The number of aryl methyl sites for hydroxylation is 1. The highest BCUT2D eigenvalue weighted by Crippen LogP contribution is 2.30. The lowest BCUT2D eigenvalue weighted by atomic mass is 10.1. The highest BCUT2D eigenvalue weighted by Gasteiger charge is 2.19. The maximum Gasteiger partial charge on any atom is 0.328 e. The lowest BCUT2D eigenvalue weighted by molar-refractivity contribution is -0.131. The summed E-state index contributed by atoms with van der Waals surface area (Å²) in [7, 11) is 1.59. The van der Waals surface area contributed by atoms with Crippen molar-refractivity contribution in [3.63, 3.8) is 0 Å². The molecule has 0 radical (unpaired) electrons. The van der Waals surface area contributed by atoms with Crippen LogP contribution in [0, 0.1) is 0 Å². The van der Waals surface area contributed by atoms with Crippen molar-refractivity contribution in [2.24, 2.45) is 7.05 Å². The number of rotatable bonds is 3. The molecule has 0 unspecified atom stereocenters. The quantitative estimate of drug-likeness (QED) is 0.849. The Morgan fingerprint density at radius 1 is 1.50 bits per heavy atom. The van der Waals surface area contributed by atoms with Crippen LogP contribution in [0.3, 0.4) is 0 Å². The van der Waals surface area contributed by atoms with E-state index in [4.69, 9.17) is 5.11 Å². The van der Waals surface area contributed by atoms with Crippen molar-refractivity contribution in [1.82, 2.24) is 15.0 Å². The van der Waals surface area contributed by atoms with Gasteiger partial charge in [0.05, 0.1) is 11.1 Å². The maximum atomic E-state index is 13.0. The van der Waals surface area contributed by atoms with E-state index in [-0.39, 0.29) is 16.6 Å². The highest BCUT2D eigenvalue weighted by atomic mass is 19.3. The number of benzene rings is 1. The number of carboxylic acid groups (broad SMARTS) is 1. The number of carboxylic acids is 1. The van der Waals surface area contributed by atoms with Gasteiger partial charge in [0.1, 0.15) is 5.52 Å². The first-order valence-corrected chi connectivity index (χ1v) is 5.02. The fourth-order valence-electron chi connectivity index (χ4n) is 1.67. The Bertz CT molecular complexity index is 634. The Hall–Kier alpha value is -2.31. The smallest absolute Gasteiger partial charge is 0.328 e. The molecule has 7 heteroatoms. The molecule has 5 nitrogen and oxygen atoms in total. The second-order valence-corrected chi connectivity index (χ2v) is 3.62. The van der Waals surface area contributed by atoms with Crippen LogP contribution in [0.4, 0.5) is 8.78 Å². The Labute approximate surface area is 100 Å². The third-order valence-electron chi connectivity index (χ3n) is 2.48. The van der Waals surface area contributed by atoms with Crippen LogP contribution in [0.5, 0.6) is 0 Å². The lowest BCUT2D eigenvalue weighted by Crippen LogP contribution is -1.94. The zero-order valence-electron chi connectivity index (χ0n) is 9.34. The molecule has 0 saturated heterocycles. The SMILES string of the molecule is Cn1nnc2c(C(F)F)c(/C=C/C(=O)O)ccc21. The Kier molecular flexibility index (Phi) is 3.05. The first kappa shape index (κ1) is 12.2. The van der Waals surface area contributed by atoms with E-state index in [9.17, 15) is 13.6 Å². The van der Waals surface area contributed by atoms with Crippen molar-refractivity contribution in [1.29, 1.82) is 0 Å². The van der Waals surface area contributed by atoms with Crippen molar-refractivity contribution in [3.05, 3.63) is 29.3 Å². The normalized spacial score (nSPS) is 11.8. The first-order valence-electron chi connectivity index (χ1n) is 5.02. The minimum absolute atomic E-state index is 0.0834. The summed E-state index contributed by atoms with van der Waals surface area (Å²) in [5.74, 6) is -1.20. The molecule has 18 heavy (non-hydrogen) atoms. The molecule has 1 aromatic carbocycles. The molecular formula is C11H9F2N3O2. The predicted octanol–water partition coefficient (Wildman–Crippen LogP) is 2.00. The van der Waals surface area contributed by atoms with Gasteiger partial charge in [0.2, 0.25) is 0 Å². The molecule has 0 aliphatic carbocycles. The minimum Gasteiger partial charge on any atom is -0.478 e. The first-order chi connectivity index (χ1) is 8.50. The molecule has 0 bridgehead atoms. The Morgan fingerprint density at radius 2 is 2.22 bits per heavy atom. The van der Waals surface area contributed by atoms with Gasteiger partial charge in [0, 0.05) is 13.1 Å². The molecule has 1 heterocycles. The van der Waals surface area contributed by atoms with Gasteiger partial charge in [-0.15, -0.1) is 5.10 Å². The number of aromatic nitrogens is 3. The molecule has 0 spiro atoms. The fraction of sp³-hybridized carbons (Fsp3) is 0.182. The van der Waals surface area contributed by atoms with Gasteiger partial charge in [-0.05, 0) is 17.7 Å². The number of fused-ring (bicyclic) bond motifs is 1. The summed E-state index contributed by atoms with van der Waals surface area (Å²) in [6.45, 7) is 0. The van der Waals surface area contributed by atoms with E-state index in [1.54, 1.807) is 13.1 Å². The molecule has 1 N–H and O–H groups in total. The van der Waals surface area contributed by atoms with Crippen molar-refractivity contribution in [2.45, 2.75) is 6.43 Å². The van der Waals surface area contributed by atoms with Gasteiger partial charge in [0.15, 0.2) is 0 Å². The Balaban J connectivity index is 2.67. The average Bonchev–Trinajstić information content (AvgIpc) is 2.67. The molecule has 2 rings (SSSR count). The number of aliphatic carboxylic acids is 1. The summed E-state index contributed by atoms with van der Waals surface area (Å²) in [6.07, 6.45) is -0.819. The van der Waals surface area contributed by atoms with Crippen LogP contribution < -0.4 is 0 Å². The van der Waals surface area contributed by atoms with E-state index >= 15 is 0 Å². The van der Waals surface area contributed by atoms with Crippen LogP contribution in [-0.2, 0) is 11.8 Å². The zero-order chi connectivity index (χ0) is 13.3. The molecule has 0 amide bonds. The van der Waals surface area contributed by atoms with Crippen LogP contribution in [-0.4, -0.2) is 26.1 Å². The fourth-order valence-corrected chi connectivity index (χ4v) is 1.67. The molecule has 0 aliphatic rings. The lowest BCUT2D eigenvalue weighted by Gasteiger charge is -2.05. The topological polar surface area (TPSA) is 68.0 Å². The zero-order valence-corrected chi connectivity index (χ0v) is 9.34. The summed E-state index contributed by atoms with van der Waals surface area (Å²) < 4.78 is 27.4. The minimum atomic E-state index is -2.75. The van der Waals surface area contributed by atoms with Crippen LogP contribution in [0.15, 0.2) is 18.2 Å². The van der Waals surface area contributed by atoms with Crippen molar-refractivity contribution in [2.75, 3.05) is 0 Å². The molecule has 94 valence electrons. The second kappa shape index (κ2) is 4.52. The molecule has 0 atom stereocenters. The second-order valence-electron chi connectivity index (χ2n) is 3.62. The Morgan fingerprint density at radius 3 is 2.83 bits per heavy atom. The van der Waals surface area contributed by atoms with Gasteiger partial charge < -0.3 is 5.11 Å². The van der Waals surface area contributed by atoms with Crippen LogP contribution in [0.2, 0.25) is 0 Å². The van der Waals surface area contributed by atoms with Crippen LogP contribution in [0.25, 0.3) is 17.1 Å². The summed E-state index contributed by atoms with van der Waals surface area (Å²) >= 11 is 0. The number of halogens is 2. The standard InChI is InChI=1S/C11H9F2N3O2/c1-16-7-4-2-6(3-5-8(17)18)9(11(12)13)10(7)14-15-16/h2-5,11H,1H3,(H,17,18)/b5-3+. The van der Waals surface area contributed by atoms with Gasteiger partial charge in [-0.3, -0.25) is 0 Å². The van der Waals surface area contributed by atoms with Gasteiger partial charge in [-0.2, -0.15) is 0 Å². The summed E-state index contributed by atoms with van der Waals surface area (Å²) in [5.41, 5.74) is 0.372. The molecule has 1 aromatic heterocycles. The predicted molar refractivity (Wildman–Crippen MR) is 60.1 cm³/mol. The molecule has 2 aromatic rings. The monoisotopic (exact) mass is 253 g/mol. The van der Waals surface area contributed by atoms with E-state index < -0.39 is 12.4 Å². The summed E-state index contributed by atoms with van der Waals surface area (Å²) in [5, 5.41) is 15.9.